The van der Waals surface area contributed by atoms with Crippen LogP contribution in [-0.2, 0) is 29.1 Å². The van der Waals surface area contributed by atoms with E-state index in [1.165, 1.54) is 38.3 Å². The molecule has 0 heterocycles. The van der Waals surface area contributed by atoms with Gasteiger partial charge in [0.05, 0.1) is 17.4 Å². The maximum absolute atomic E-state index is 12.9. The van der Waals surface area contributed by atoms with Crippen LogP contribution in [0.1, 0.15) is 53.9 Å². The number of hydrogen-bond donors (Lipinski definition) is 2. The number of amides is 1. The van der Waals surface area contributed by atoms with Gasteiger partial charge in [-0.15, -0.1) is 0 Å². The number of esters is 1. The summed E-state index contributed by atoms with van der Waals surface area (Å²) in [6.07, 6.45) is 1.04. The monoisotopic (exact) mass is 440 g/mol. The van der Waals surface area contributed by atoms with E-state index in [1.807, 2.05) is 6.92 Å². The molecule has 8 nitrogen and oxygen atoms in total. The van der Waals surface area contributed by atoms with E-state index in [-0.39, 0.29) is 35.3 Å². The van der Waals surface area contributed by atoms with Gasteiger partial charge < -0.3 is 10.1 Å². The van der Waals surface area contributed by atoms with Crippen LogP contribution in [0.3, 0.4) is 0 Å². The Kier molecular flexibility index (Phi) is 8.33. The molecule has 0 saturated carbocycles. The minimum atomic E-state index is -3.83. The predicted molar refractivity (Wildman–Crippen MR) is 114 cm³/mol. The number of ether oxygens (including phenoxy) is 1. The number of nitrogens with one attached hydrogen (secondary N) is 1. The molecule has 9 heteroatoms. The zero-order valence-electron chi connectivity index (χ0n) is 18.4. The molecular weight excluding hydrogens is 408 g/mol. The second kappa shape index (κ2) is 9.70. The number of anilines is 1. The van der Waals surface area contributed by atoms with Crippen LogP contribution < -0.4 is 10.5 Å². The molecule has 0 aliphatic carbocycles. The molecule has 2 unspecified atom stereocenters. The third kappa shape index (κ3) is 6.63. The molecule has 30 heavy (non-hydrogen) atoms. The van der Waals surface area contributed by atoms with Crippen LogP contribution in [0.2, 0.25) is 0 Å². The number of Topliss-reactive ketones (excluding diaryl/α,β-unsaturated/α-hetero) is 1. The Morgan fingerprint density at radius 2 is 1.67 bits per heavy atom. The third-order valence-corrected chi connectivity index (χ3v) is 6.26. The van der Waals surface area contributed by atoms with Crippen LogP contribution in [0, 0.1) is 16.7 Å². The van der Waals surface area contributed by atoms with Crippen molar-refractivity contribution in [3.63, 3.8) is 0 Å². The first kappa shape index (κ1) is 25.8. The minimum Gasteiger partial charge on any atom is -0.469 e. The molecular formula is C21H32N2O6S. The highest BCUT2D eigenvalue weighted by atomic mass is 32.2. The average molecular weight is 441 g/mol. The maximum Gasteiger partial charge on any atom is 0.311 e. The molecule has 0 saturated heterocycles. The van der Waals surface area contributed by atoms with Crippen molar-refractivity contribution < 1.29 is 27.5 Å². The van der Waals surface area contributed by atoms with Gasteiger partial charge >= 0.3 is 5.97 Å². The number of rotatable bonds is 10. The van der Waals surface area contributed by atoms with Crippen LogP contribution in [0.5, 0.6) is 0 Å². The van der Waals surface area contributed by atoms with Gasteiger partial charge in [-0.3, -0.25) is 14.4 Å². The summed E-state index contributed by atoms with van der Waals surface area (Å²) in [7, 11) is -2.54. The molecule has 0 bridgehead atoms. The van der Waals surface area contributed by atoms with E-state index in [2.05, 4.69) is 5.32 Å². The number of hydrogen-bond acceptors (Lipinski definition) is 6. The lowest BCUT2D eigenvalue weighted by Gasteiger charge is -2.36. The van der Waals surface area contributed by atoms with Gasteiger partial charge in [-0.25, -0.2) is 13.6 Å². The van der Waals surface area contributed by atoms with Gasteiger partial charge in [-0.05, 0) is 57.4 Å². The molecule has 168 valence electrons. The second-order valence-corrected chi connectivity index (χ2v) is 10.1. The molecule has 0 spiro atoms. The Hall–Kier alpha value is -2.26. The zero-order valence-corrected chi connectivity index (χ0v) is 19.3. The number of methoxy groups -OCH3 is 1. The summed E-state index contributed by atoms with van der Waals surface area (Å²) >= 11 is 0. The van der Waals surface area contributed by atoms with Gasteiger partial charge in [-0.1, -0.05) is 20.8 Å². The van der Waals surface area contributed by atoms with Crippen molar-refractivity contribution in [1.82, 2.24) is 0 Å². The van der Waals surface area contributed by atoms with Crippen LogP contribution in [0.4, 0.5) is 5.69 Å². The quantitative estimate of drug-likeness (QED) is 0.538. The number of sulfonamides is 1. The smallest absolute Gasteiger partial charge is 0.311 e. The fourth-order valence-electron chi connectivity index (χ4n) is 3.68. The number of carbonyl (C=O) groups excluding carboxylic acids is 3. The Balaban J connectivity index is 3.06. The molecule has 1 aromatic rings. The van der Waals surface area contributed by atoms with Crippen LogP contribution >= 0.6 is 0 Å². The maximum atomic E-state index is 12.9. The van der Waals surface area contributed by atoms with Gasteiger partial charge in [0.2, 0.25) is 15.9 Å². The van der Waals surface area contributed by atoms with Crippen molar-refractivity contribution >= 4 is 33.4 Å². The fourth-order valence-corrected chi connectivity index (χ4v) is 4.19. The number of carbonyl (C=O) groups is 3. The molecule has 1 amide bonds. The summed E-state index contributed by atoms with van der Waals surface area (Å²) in [4.78, 5) is 37.3. The van der Waals surface area contributed by atoms with Crippen LogP contribution in [0.15, 0.2) is 29.2 Å². The van der Waals surface area contributed by atoms with Gasteiger partial charge in [0, 0.05) is 17.0 Å². The fraction of sp³-hybridized carbons (Fsp3) is 0.571. The standard InChI is InChI=1S/C21H32N2O6S/c1-7-15(14(2)24)12-21(5,19(26)29-6)13-20(3,4)18(25)23-16-8-10-17(11-9-16)30(22,27)28/h8-11,15H,7,12-13H2,1-6H3,(H,23,25)(H2,22,27,28). The lowest BCUT2D eigenvalue weighted by atomic mass is 9.68. The van der Waals surface area contributed by atoms with Gasteiger partial charge in [0.25, 0.3) is 0 Å². The molecule has 1 aromatic carbocycles. The van der Waals surface area contributed by atoms with E-state index in [4.69, 9.17) is 9.88 Å². The van der Waals surface area contributed by atoms with Crippen molar-refractivity contribution in [3.8, 4) is 0 Å². The normalized spacial score (nSPS) is 15.0. The molecule has 0 fully saturated rings. The summed E-state index contributed by atoms with van der Waals surface area (Å²) < 4.78 is 27.7. The van der Waals surface area contributed by atoms with Crippen LogP contribution in [0.25, 0.3) is 0 Å². The number of nitrogens with two attached hydrogens (primary N) is 1. The van der Waals surface area contributed by atoms with E-state index in [0.29, 0.717) is 12.1 Å². The van der Waals surface area contributed by atoms with Crippen molar-refractivity contribution in [2.24, 2.45) is 21.9 Å². The Morgan fingerprint density at radius 1 is 1.13 bits per heavy atom. The second-order valence-electron chi connectivity index (χ2n) is 8.56. The van der Waals surface area contributed by atoms with Crippen molar-refractivity contribution in [1.29, 1.82) is 0 Å². The SMILES string of the molecule is CCC(CC(C)(CC(C)(C)C(=O)Nc1ccc(S(N)(=O)=O)cc1)C(=O)OC)C(C)=O. The van der Waals surface area contributed by atoms with Crippen molar-refractivity contribution in [2.45, 2.75) is 58.8 Å². The first-order valence-corrected chi connectivity index (χ1v) is 11.2. The first-order valence-electron chi connectivity index (χ1n) is 9.69. The topological polar surface area (TPSA) is 133 Å². The number of ketones is 1. The Labute approximate surface area is 178 Å². The van der Waals surface area contributed by atoms with Crippen LogP contribution in [-0.4, -0.2) is 33.2 Å². The van der Waals surface area contributed by atoms with Crippen molar-refractivity contribution in [2.75, 3.05) is 12.4 Å². The molecule has 0 aliphatic rings. The average Bonchev–Trinajstić information content (AvgIpc) is 2.64. The lowest BCUT2D eigenvalue weighted by molar-refractivity contribution is -0.156. The summed E-state index contributed by atoms with van der Waals surface area (Å²) in [5.74, 6) is -1.14. The molecule has 3 N–H and O–H groups in total. The van der Waals surface area contributed by atoms with E-state index in [9.17, 15) is 22.8 Å². The third-order valence-electron chi connectivity index (χ3n) is 5.33. The highest BCUT2D eigenvalue weighted by Crippen LogP contribution is 2.41. The highest BCUT2D eigenvalue weighted by Gasteiger charge is 2.44. The molecule has 2 atom stereocenters. The summed E-state index contributed by atoms with van der Waals surface area (Å²) in [5, 5.41) is 7.81. The number of benzene rings is 1. The summed E-state index contributed by atoms with van der Waals surface area (Å²) in [6.45, 7) is 8.50. The molecule has 1 rings (SSSR count). The van der Waals surface area contributed by atoms with E-state index < -0.39 is 26.8 Å². The predicted octanol–water partition coefficient (Wildman–Crippen LogP) is 2.87. The van der Waals surface area contributed by atoms with E-state index in [1.54, 1.807) is 20.8 Å². The van der Waals surface area contributed by atoms with Gasteiger partial charge in [-0.2, -0.15) is 0 Å². The lowest BCUT2D eigenvalue weighted by Crippen LogP contribution is -2.41. The molecule has 0 aromatic heterocycles. The van der Waals surface area contributed by atoms with Gasteiger partial charge in [0.1, 0.15) is 5.78 Å². The minimum absolute atomic E-state index is 0.00942. The van der Waals surface area contributed by atoms with Crippen molar-refractivity contribution in [3.05, 3.63) is 24.3 Å². The Morgan fingerprint density at radius 3 is 2.07 bits per heavy atom. The van der Waals surface area contributed by atoms with E-state index in [0.717, 1.165) is 0 Å². The highest BCUT2D eigenvalue weighted by molar-refractivity contribution is 7.89. The van der Waals surface area contributed by atoms with Gasteiger partial charge in [0.15, 0.2) is 0 Å². The van der Waals surface area contributed by atoms with E-state index >= 15 is 0 Å². The summed E-state index contributed by atoms with van der Waals surface area (Å²) in [5.41, 5.74) is -1.61. The number of primary sulfonamides is 1. The summed E-state index contributed by atoms with van der Waals surface area (Å²) in [6, 6.07) is 5.48. The Bertz CT molecular complexity index is 893. The zero-order chi connectivity index (χ0) is 23.3. The molecule has 0 radical (unpaired) electrons. The first-order chi connectivity index (χ1) is 13.7. The largest absolute Gasteiger partial charge is 0.469 e. The molecule has 0 aliphatic heterocycles.